The fraction of sp³-hybridized carbons (Fsp3) is 0.773. The van der Waals surface area contributed by atoms with Crippen molar-refractivity contribution in [3.63, 3.8) is 0 Å². The molecule has 1 aliphatic carbocycles. The molecular weight excluding hydrogens is 312 g/mol. The van der Waals surface area contributed by atoms with E-state index in [4.69, 9.17) is 4.74 Å². The van der Waals surface area contributed by atoms with E-state index in [-0.39, 0.29) is 17.5 Å². The van der Waals surface area contributed by atoms with Gasteiger partial charge in [0.25, 0.3) is 0 Å². The molecule has 0 bridgehead atoms. The van der Waals surface area contributed by atoms with E-state index >= 15 is 0 Å². The van der Waals surface area contributed by atoms with E-state index in [0.29, 0.717) is 24.7 Å². The molecule has 1 rings (SSSR count). The Morgan fingerprint density at radius 3 is 2.56 bits per heavy atom. The van der Waals surface area contributed by atoms with Crippen molar-refractivity contribution in [3.05, 3.63) is 24.3 Å². The van der Waals surface area contributed by atoms with Crippen LogP contribution in [0.2, 0.25) is 0 Å². The Labute approximate surface area is 154 Å². The van der Waals surface area contributed by atoms with Crippen molar-refractivity contribution in [3.8, 4) is 0 Å². The van der Waals surface area contributed by atoms with Gasteiger partial charge in [0.05, 0.1) is 12.5 Å². The Hall–Kier alpha value is -1.09. The monoisotopic (exact) mass is 350 g/mol. The third-order valence-electron chi connectivity index (χ3n) is 5.68. The summed E-state index contributed by atoms with van der Waals surface area (Å²) in [6, 6.07) is 0. The lowest BCUT2D eigenvalue weighted by atomic mass is 9.66. The summed E-state index contributed by atoms with van der Waals surface area (Å²) >= 11 is 0. The molecule has 0 aromatic rings. The van der Waals surface area contributed by atoms with Crippen LogP contribution in [0.3, 0.4) is 0 Å². The van der Waals surface area contributed by atoms with Crippen LogP contribution in [-0.4, -0.2) is 22.8 Å². The third-order valence-corrected chi connectivity index (χ3v) is 5.68. The number of carbonyl (C=O) groups excluding carboxylic acids is 1. The Balaban J connectivity index is 2.62. The maximum atomic E-state index is 12.5. The second kappa shape index (κ2) is 9.02. The van der Waals surface area contributed by atoms with Gasteiger partial charge in [-0.15, -0.1) is 0 Å². The summed E-state index contributed by atoms with van der Waals surface area (Å²) in [5, 5.41) is 10.5. The first-order valence-corrected chi connectivity index (χ1v) is 9.67. The summed E-state index contributed by atoms with van der Waals surface area (Å²) in [6.07, 6.45) is 8.14. The molecule has 1 fully saturated rings. The van der Waals surface area contributed by atoms with Crippen molar-refractivity contribution in [1.82, 2.24) is 0 Å². The summed E-state index contributed by atoms with van der Waals surface area (Å²) in [5.74, 6) is 0.634. The molecule has 25 heavy (non-hydrogen) atoms. The summed E-state index contributed by atoms with van der Waals surface area (Å²) in [5.41, 5.74) is 0.456. The molecule has 3 nitrogen and oxygen atoms in total. The average molecular weight is 351 g/mol. The topological polar surface area (TPSA) is 46.5 Å². The zero-order valence-electron chi connectivity index (χ0n) is 17.1. The Bertz CT molecular complexity index is 490. The quantitative estimate of drug-likeness (QED) is 0.469. The van der Waals surface area contributed by atoms with E-state index in [0.717, 1.165) is 25.7 Å². The van der Waals surface area contributed by atoms with Gasteiger partial charge in [0.15, 0.2) is 0 Å². The van der Waals surface area contributed by atoms with E-state index < -0.39 is 5.60 Å². The maximum absolute atomic E-state index is 12.5. The normalized spacial score (nSPS) is 29.0. The van der Waals surface area contributed by atoms with Gasteiger partial charge in [-0.3, -0.25) is 4.79 Å². The maximum Gasteiger partial charge on any atom is 0.307 e. The first kappa shape index (κ1) is 22.0. The second-order valence-electron chi connectivity index (χ2n) is 9.02. The number of hydrogen-bond donors (Lipinski definition) is 1. The van der Waals surface area contributed by atoms with Crippen LogP contribution in [0.25, 0.3) is 0 Å². The van der Waals surface area contributed by atoms with Crippen LogP contribution in [-0.2, 0) is 9.53 Å². The van der Waals surface area contributed by atoms with Crippen molar-refractivity contribution < 1.29 is 14.6 Å². The van der Waals surface area contributed by atoms with Gasteiger partial charge in [-0.1, -0.05) is 39.0 Å². The van der Waals surface area contributed by atoms with Crippen LogP contribution in [0.5, 0.6) is 0 Å². The molecule has 4 unspecified atom stereocenters. The second-order valence-corrected chi connectivity index (χ2v) is 9.02. The molecule has 0 saturated heterocycles. The molecule has 4 atom stereocenters. The van der Waals surface area contributed by atoms with Crippen molar-refractivity contribution in [2.45, 2.75) is 91.8 Å². The van der Waals surface area contributed by atoms with Crippen LogP contribution < -0.4 is 0 Å². The zero-order chi connectivity index (χ0) is 19.3. The summed E-state index contributed by atoms with van der Waals surface area (Å²) < 4.78 is 5.78. The van der Waals surface area contributed by atoms with Gasteiger partial charge < -0.3 is 9.84 Å². The molecular formula is C22H38O3. The number of ether oxygens (including phenoxy) is 1. The predicted octanol–water partition coefficient (Wildman–Crippen LogP) is 5.43. The highest BCUT2D eigenvalue weighted by molar-refractivity contribution is 5.71. The van der Waals surface area contributed by atoms with Gasteiger partial charge in [-0.2, -0.15) is 0 Å². The molecule has 1 saturated carbocycles. The largest absolute Gasteiger partial charge is 0.455 e. The average Bonchev–Trinajstić information content (AvgIpc) is 2.45. The van der Waals surface area contributed by atoms with Crippen molar-refractivity contribution in [2.24, 2.45) is 17.3 Å². The SMILES string of the molecule is C=CC(C)(CCC=C(C)C)OC(=O)CC1(C)CCC(C(C)C)C(O)C1. The van der Waals surface area contributed by atoms with E-state index in [9.17, 15) is 9.90 Å². The molecule has 1 aliphatic rings. The number of rotatable bonds is 8. The summed E-state index contributed by atoms with van der Waals surface area (Å²) in [6.45, 7) is 16.3. The van der Waals surface area contributed by atoms with Gasteiger partial charge in [-0.25, -0.2) is 0 Å². The van der Waals surface area contributed by atoms with Crippen molar-refractivity contribution in [2.75, 3.05) is 0 Å². The number of esters is 1. The van der Waals surface area contributed by atoms with Gasteiger partial charge in [0, 0.05) is 0 Å². The number of aliphatic hydroxyl groups is 1. The predicted molar refractivity (Wildman–Crippen MR) is 104 cm³/mol. The first-order valence-electron chi connectivity index (χ1n) is 9.67. The van der Waals surface area contributed by atoms with Crippen molar-refractivity contribution >= 4 is 5.97 Å². The Kier molecular flexibility index (Phi) is 7.92. The van der Waals surface area contributed by atoms with Crippen LogP contribution >= 0.6 is 0 Å². The molecule has 0 aromatic carbocycles. The molecule has 0 spiro atoms. The molecule has 0 aromatic heterocycles. The molecule has 0 radical (unpaired) electrons. The highest BCUT2D eigenvalue weighted by Gasteiger charge is 2.40. The number of aliphatic hydroxyl groups excluding tert-OH is 1. The summed E-state index contributed by atoms with van der Waals surface area (Å²) in [4.78, 5) is 12.5. The number of hydrogen-bond acceptors (Lipinski definition) is 3. The zero-order valence-corrected chi connectivity index (χ0v) is 17.1. The lowest BCUT2D eigenvalue weighted by Gasteiger charge is -2.42. The lowest BCUT2D eigenvalue weighted by Crippen LogP contribution is -2.40. The van der Waals surface area contributed by atoms with Crippen LogP contribution in [0.1, 0.15) is 80.1 Å². The molecule has 144 valence electrons. The van der Waals surface area contributed by atoms with Gasteiger partial charge >= 0.3 is 5.97 Å². The first-order chi connectivity index (χ1) is 11.5. The molecule has 1 N–H and O–H groups in total. The molecule has 0 amide bonds. The minimum Gasteiger partial charge on any atom is -0.455 e. The Morgan fingerprint density at radius 1 is 1.44 bits per heavy atom. The van der Waals surface area contributed by atoms with Gasteiger partial charge in [0.1, 0.15) is 5.60 Å². The van der Waals surface area contributed by atoms with E-state index in [2.05, 4.69) is 47.3 Å². The van der Waals surface area contributed by atoms with Gasteiger partial charge in [-0.05, 0) is 76.2 Å². The fourth-order valence-electron chi connectivity index (χ4n) is 3.89. The molecule has 0 aliphatic heterocycles. The van der Waals surface area contributed by atoms with Crippen LogP contribution in [0.15, 0.2) is 24.3 Å². The minimum absolute atomic E-state index is 0.177. The highest BCUT2D eigenvalue weighted by atomic mass is 16.6. The van der Waals surface area contributed by atoms with Crippen LogP contribution in [0, 0.1) is 17.3 Å². The van der Waals surface area contributed by atoms with E-state index in [1.54, 1.807) is 6.08 Å². The van der Waals surface area contributed by atoms with Crippen LogP contribution in [0.4, 0.5) is 0 Å². The van der Waals surface area contributed by atoms with Crippen molar-refractivity contribution in [1.29, 1.82) is 0 Å². The number of allylic oxidation sites excluding steroid dienone is 2. The summed E-state index contributed by atoms with van der Waals surface area (Å²) in [7, 11) is 0. The highest BCUT2D eigenvalue weighted by Crippen LogP contribution is 2.44. The fourth-order valence-corrected chi connectivity index (χ4v) is 3.89. The van der Waals surface area contributed by atoms with Gasteiger partial charge in [0.2, 0.25) is 0 Å². The smallest absolute Gasteiger partial charge is 0.307 e. The minimum atomic E-state index is -0.632. The number of carbonyl (C=O) groups is 1. The Morgan fingerprint density at radius 2 is 2.08 bits per heavy atom. The van der Waals surface area contributed by atoms with E-state index in [1.807, 2.05) is 6.92 Å². The third kappa shape index (κ3) is 6.97. The lowest BCUT2D eigenvalue weighted by molar-refractivity contribution is -0.158. The molecule has 3 heteroatoms. The standard InChI is InChI=1S/C22H38O3/c1-8-22(7,12-9-10-16(2)3)25-20(24)15-21(6)13-11-18(17(4)5)19(23)14-21/h8,10,17-19,23H,1,9,11-15H2,2-7H3. The molecule has 0 heterocycles. The van der Waals surface area contributed by atoms with E-state index in [1.165, 1.54) is 5.57 Å².